The van der Waals surface area contributed by atoms with Gasteiger partial charge in [-0.05, 0) is 35.7 Å². The van der Waals surface area contributed by atoms with Crippen LogP contribution in [0.5, 0.6) is 0 Å². The Bertz CT molecular complexity index is 2420. The maximum absolute atomic E-state index is 4.98. The molecule has 0 amide bonds. The summed E-state index contributed by atoms with van der Waals surface area (Å²) in [6.45, 7) is 0. The summed E-state index contributed by atoms with van der Waals surface area (Å²) >= 11 is 0. The van der Waals surface area contributed by atoms with Crippen LogP contribution in [0.15, 0.2) is 140 Å². The van der Waals surface area contributed by atoms with Crippen molar-refractivity contribution >= 4 is 65.2 Å². The molecule has 0 radical (unpaired) electrons. The smallest absolute Gasteiger partial charge is 0.145 e. The zero-order valence-corrected chi connectivity index (χ0v) is 21.6. The molecule has 0 spiro atoms. The molecule has 6 aromatic carbocycles. The van der Waals surface area contributed by atoms with E-state index in [1.165, 1.54) is 54.3 Å². The Morgan fingerprint density at radius 1 is 0.375 bits per heavy atom. The number of hydrogen-bond donors (Lipinski definition) is 0. The Morgan fingerprint density at radius 3 is 1.55 bits per heavy atom. The fourth-order valence-corrected chi connectivity index (χ4v) is 6.67. The van der Waals surface area contributed by atoms with Gasteiger partial charge < -0.3 is 4.57 Å². The molecule has 0 aliphatic heterocycles. The topological polar surface area (TPSA) is 22.8 Å². The van der Waals surface area contributed by atoms with E-state index in [1.54, 1.807) is 0 Å². The molecule has 0 N–H and O–H groups in total. The number of rotatable bonds is 2. The van der Waals surface area contributed by atoms with Gasteiger partial charge in [0.15, 0.2) is 0 Å². The standard InChI is InChI=1S/C37H23N3/c1-2-11-25(12-3-1)39-33-16-8-6-14-27(33)29-18-21-32-31(35(29)39)20-19-30-28-15-7-9-17-34(28)40(36(30)32)37-26-13-5-4-10-24(26)22-23-38-37/h1-23H. The Morgan fingerprint density at radius 2 is 0.875 bits per heavy atom. The third-order valence-electron chi connectivity index (χ3n) is 8.34. The number of benzene rings is 6. The van der Waals surface area contributed by atoms with Crippen LogP contribution >= 0.6 is 0 Å². The van der Waals surface area contributed by atoms with Crippen molar-refractivity contribution in [3.05, 3.63) is 140 Å². The summed E-state index contributed by atoms with van der Waals surface area (Å²) in [5.41, 5.74) is 5.96. The Labute approximate surface area is 230 Å². The van der Waals surface area contributed by atoms with Gasteiger partial charge in [0.1, 0.15) is 5.82 Å². The number of pyridine rings is 1. The van der Waals surface area contributed by atoms with Crippen molar-refractivity contribution in [1.82, 2.24) is 14.1 Å². The molecule has 0 saturated heterocycles. The maximum atomic E-state index is 4.98. The lowest BCUT2D eigenvalue weighted by atomic mass is 10.0. The maximum Gasteiger partial charge on any atom is 0.145 e. The number of nitrogens with zero attached hydrogens (tertiary/aromatic N) is 3. The first-order chi connectivity index (χ1) is 19.9. The van der Waals surface area contributed by atoms with Gasteiger partial charge in [-0.25, -0.2) is 4.98 Å². The molecule has 0 saturated carbocycles. The average molecular weight is 510 g/mol. The number of para-hydroxylation sites is 3. The van der Waals surface area contributed by atoms with Crippen LogP contribution in [0, 0.1) is 0 Å². The fourth-order valence-electron chi connectivity index (χ4n) is 6.67. The zero-order valence-electron chi connectivity index (χ0n) is 21.6. The monoisotopic (exact) mass is 509 g/mol. The van der Waals surface area contributed by atoms with Crippen LogP contribution in [-0.4, -0.2) is 14.1 Å². The lowest BCUT2D eigenvalue weighted by molar-refractivity contribution is 1.10. The molecule has 3 nitrogen and oxygen atoms in total. The van der Waals surface area contributed by atoms with Gasteiger partial charge in [-0.1, -0.05) is 103 Å². The minimum Gasteiger partial charge on any atom is -0.309 e. The molecule has 0 fully saturated rings. The van der Waals surface area contributed by atoms with Crippen molar-refractivity contribution < 1.29 is 0 Å². The second-order valence-corrected chi connectivity index (χ2v) is 10.4. The number of hydrogen-bond acceptors (Lipinski definition) is 1. The molecule has 9 rings (SSSR count). The van der Waals surface area contributed by atoms with Gasteiger partial charge >= 0.3 is 0 Å². The minimum atomic E-state index is 0.959. The second kappa shape index (κ2) is 8.05. The highest BCUT2D eigenvalue weighted by Crippen LogP contribution is 2.42. The van der Waals surface area contributed by atoms with Gasteiger partial charge in [0.2, 0.25) is 0 Å². The average Bonchev–Trinajstić information content (AvgIpc) is 3.55. The molecule has 3 heterocycles. The lowest BCUT2D eigenvalue weighted by Crippen LogP contribution is -1.99. The molecule has 0 aliphatic carbocycles. The van der Waals surface area contributed by atoms with E-state index in [-0.39, 0.29) is 0 Å². The Balaban J connectivity index is 1.52. The van der Waals surface area contributed by atoms with Gasteiger partial charge in [0, 0.05) is 49.6 Å². The fraction of sp³-hybridized carbons (Fsp3) is 0. The molecule has 0 atom stereocenters. The van der Waals surface area contributed by atoms with Crippen LogP contribution in [0.1, 0.15) is 0 Å². The van der Waals surface area contributed by atoms with E-state index >= 15 is 0 Å². The third-order valence-corrected chi connectivity index (χ3v) is 8.34. The first-order valence-electron chi connectivity index (χ1n) is 13.7. The Kier molecular flexibility index (Phi) is 4.33. The zero-order chi connectivity index (χ0) is 26.2. The SMILES string of the molecule is c1ccc(-n2c3ccccc3c3ccc4c(ccc5c6ccccc6n(-c6nccc7ccccc67)c54)c32)cc1. The first-order valence-corrected chi connectivity index (χ1v) is 13.7. The Hall–Kier alpha value is -5.41. The minimum absolute atomic E-state index is 0.959. The molecule has 186 valence electrons. The van der Waals surface area contributed by atoms with Crippen LogP contribution in [0.4, 0.5) is 0 Å². The van der Waals surface area contributed by atoms with Crippen molar-refractivity contribution in [3.8, 4) is 11.5 Å². The van der Waals surface area contributed by atoms with E-state index in [4.69, 9.17) is 4.98 Å². The number of fused-ring (bicyclic) bond motifs is 10. The molecule has 0 unspecified atom stereocenters. The van der Waals surface area contributed by atoms with E-state index in [0.717, 1.165) is 22.4 Å². The van der Waals surface area contributed by atoms with E-state index in [0.29, 0.717) is 0 Å². The third kappa shape index (κ3) is 2.81. The highest BCUT2D eigenvalue weighted by molar-refractivity contribution is 6.26. The van der Waals surface area contributed by atoms with E-state index in [9.17, 15) is 0 Å². The van der Waals surface area contributed by atoms with E-state index in [1.807, 2.05) is 6.20 Å². The van der Waals surface area contributed by atoms with Crippen LogP contribution in [0.25, 0.3) is 76.7 Å². The molecule has 3 aromatic heterocycles. The van der Waals surface area contributed by atoms with Crippen molar-refractivity contribution in [2.45, 2.75) is 0 Å². The molecule has 3 heteroatoms. The summed E-state index contributed by atoms with van der Waals surface area (Å²) in [5, 5.41) is 9.77. The summed E-state index contributed by atoms with van der Waals surface area (Å²) in [4.78, 5) is 4.98. The summed E-state index contributed by atoms with van der Waals surface area (Å²) in [7, 11) is 0. The second-order valence-electron chi connectivity index (χ2n) is 10.4. The predicted octanol–water partition coefficient (Wildman–Crippen LogP) is 9.58. The van der Waals surface area contributed by atoms with Crippen molar-refractivity contribution in [1.29, 1.82) is 0 Å². The molecule has 0 bridgehead atoms. The largest absolute Gasteiger partial charge is 0.309 e. The van der Waals surface area contributed by atoms with Crippen LogP contribution < -0.4 is 0 Å². The highest BCUT2D eigenvalue weighted by atomic mass is 15.1. The van der Waals surface area contributed by atoms with E-state index < -0.39 is 0 Å². The summed E-state index contributed by atoms with van der Waals surface area (Å²) in [6.07, 6.45) is 1.93. The summed E-state index contributed by atoms with van der Waals surface area (Å²) < 4.78 is 4.79. The van der Waals surface area contributed by atoms with E-state index in [2.05, 4.69) is 143 Å². The molecule has 0 aliphatic rings. The van der Waals surface area contributed by atoms with Crippen LogP contribution in [0.3, 0.4) is 0 Å². The van der Waals surface area contributed by atoms with Crippen LogP contribution in [-0.2, 0) is 0 Å². The van der Waals surface area contributed by atoms with Crippen LogP contribution in [0.2, 0.25) is 0 Å². The van der Waals surface area contributed by atoms with Gasteiger partial charge in [0.25, 0.3) is 0 Å². The molecular weight excluding hydrogens is 486 g/mol. The normalized spacial score (nSPS) is 12.0. The van der Waals surface area contributed by atoms with Crippen molar-refractivity contribution in [3.63, 3.8) is 0 Å². The van der Waals surface area contributed by atoms with Gasteiger partial charge in [0.05, 0.1) is 22.1 Å². The van der Waals surface area contributed by atoms with Gasteiger partial charge in [-0.2, -0.15) is 0 Å². The van der Waals surface area contributed by atoms with Gasteiger partial charge in [-0.3, -0.25) is 4.57 Å². The lowest BCUT2D eigenvalue weighted by Gasteiger charge is -2.13. The highest BCUT2D eigenvalue weighted by Gasteiger charge is 2.20. The molecular formula is C37H23N3. The quantitative estimate of drug-likeness (QED) is 0.227. The summed E-state index contributed by atoms with van der Waals surface area (Å²) in [5.74, 6) is 0.959. The molecule has 40 heavy (non-hydrogen) atoms. The first kappa shape index (κ1) is 21.5. The van der Waals surface area contributed by atoms with Gasteiger partial charge in [-0.15, -0.1) is 0 Å². The summed E-state index contributed by atoms with van der Waals surface area (Å²) in [6, 6.07) is 47.9. The predicted molar refractivity (Wildman–Crippen MR) is 168 cm³/mol. The van der Waals surface area contributed by atoms with Crippen molar-refractivity contribution in [2.24, 2.45) is 0 Å². The molecule has 9 aromatic rings. The number of aromatic nitrogens is 3. The van der Waals surface area contributed by atoms with Crippen molar-refractivity contribution in [2.75, 3.05) is 0 Å².